The van der Waals surface area contributed by atoms with Gasteiger partial charge in [0.05, 0.1) is 56.5 Å². The third-order valence-electron chi connectivity index (χ3n) is 9.98. The van der Waals surface area contributed by atoms with E-state index in [0.29, 0.717) is 30.1 Å². The predicted octanol–water partition coefficient (Wildman–Crippen LogP) is 6.76. The second kappa shape index (κ2) is 20.8. The van der Waals surface area contributed by atoms with E-state index >= 15 is 0 Å². The molecule has 0 radical (unpaired) electrons. The van der Waals surface area contributed by atoms with E-state index < -0.39 is 48.3 Å². The Morgan fingerprint density at radius 3 is 2.05 bits per heavy atom. The van der Waals surface area contributed by atoms with Crippen molar-refractivity contribution in [2.24, 2.45) is 11.8 Å². The molecule has 6 rings (SSSR count). The van der Waals surface area contributed by atoms with E-state index in [1.54, 1.807) is 36.4 Å². The van der Waals surface area contributed by atoms with Crippen molar-refractivity contribution in [2.45, 2.75) is 69.3 Å². The number of fused-ring (bicyclic) bond motifs is 1. The van der Waals surface area contributed by atoms with Crippen molar-refractivity contribution in [2.75, 3.05) is 39.8 Å². The standard InChI is InChI=1S/C43H53N2O12PS/c1-31(2)25-45(59(49,50)37-20-18-35(51-3)19-21-37)26-40(46)39(44-43(47)57-41-29-53-42-38(41)22-23-52-42)24-32-14-16-36(17-15-32)54-30-58(48,55-27-33-10-6-4-7-11-33)56-28-34-12-8-5-9-13-34/h4-21,31,38-42,46H,22-30H2,1-3H3,(H,44,47)/t38-,39-,40+,41-,42+/m0/s1. The summed E-state index contributed by atoms with van der Waals surface area (Å²) in [6.45, 7) is 4.38. The van der Waals surface area contributed by atoms with E-state index in [0.717, 1.165) is 11.1 Å². The number of methoxy groups -OCH3 is 1. The molecular weight excluding hydrogens is 800 g/mol. The van der Waals surface area contributed by atoms with Gasteiger partial charge in [-0.15, -0.1) is 0 Å². The first-order valence-corrected chi connectivity index (χ1v) is 22.8. The first-order chi connectivity index (χ1) is 28.4. The Morgan fingerprint density at radius 1 is 0.847 bits per heavy atom. The van der Waals surface area contributed by atoms with Crippen LogP contribution in [0.3, 0.4) is 0 Å². The molecule has 0 spiro atoms. The molecule has 0 aliphatic carbocycles. The maximum Gasteiger partial charge on any atom is 0.407 e. The zero-order chi connectivity index (χ0) is 41.8. The SMILES string of the molecule is COc1ccc(S(=O)(=O)N(CC(C)C)C[C@@H](O)[C@H](Cc2ccc(OCP(=O)(OCc3ccccc3)OCc3ccccc3)cc2)NC(=O)O[C@H]2CO[C@H]3OCC[C@H]32)cc1. The molecule has 16 heteroatoms. The molecule has 59 heavy (non-hydrogen) atoms. The molecule has 0 bridgehead atoms. The lowest BCUT2D eigenvalue weighted by Gasteiger charge is -2.31. The van der Waals surface area contributed by atoms with Crippen LogP contribution in [0.4, 0.5) is 4.79 Å². The van der Waals surface area contributed by atoms with Gasteiger partial charge in [-0.05, 0) is 71.8 Å². The van der Waals surface area contributed by atoms with Crippen LogP contribution in [0.15, 0.2) is 114 Å². The highest BCUT2D eigenvalue weighted by molar-refractivity contribution is 7.89. The van der Waals surface area contributed by atoms with Crippen LogP contribution in [0.25, 0.3) is 0 Å². The molecule has 14 nitrogen and oxygen atoms in total. The number of rotatable bonds is 21. The number of sulfonamides is 1. The first-order valence-electron chi connectivity index (χ1n) is 19.6. The Labute approximate surface area is 346 Å². The van der Waals surface area contributed by atoms with E-state index in [4.69, 9.17) is 32.7 Å². The van der Waals surface area contributed by atoms with Crippen molar-refractivity contribution >= 4 is 23.7 Å². The Bertz CT molecular complexity index is 2030. The van der Waals surface area contributed by atoms with Crippen LogP contribution in [0.5, 0.6) is 11.5 Å². The fourth-order valence-electron chi connectivity index (χ4n) is 6.80. The molecule has 1 amide bonds. The molecule has 2 heterocycles. The number of aliphatic hydroxyl groups is 1. The summed E-state index contributed by atoms with van der Waals surface area (Å²) >= 11 is 0. The number of alkyl carbamates (subject to hydrolysis) is 1. The number of aliphatic hydroxyl groups excluding tert-OH is 1. The number of carbonyl (C=O) groups excluding carboxylic acids is 1. The minimum absolute atomic E-state index is 0.0423. The molecule has 4 aromatic carbocycles. The van der Waals surface area contributed by atoms with Gasteiger partial charge in [0.25, 0.3) is 0 Å². The number of hydrogen-bond donors (Lipinski definition) is 2. The molecule has 2 aliphatic rings. The van der Waals surface area contributed by atoms with Gasteiger partial charge in [-0.1, -0.05) is 86.6 Å². The lowest BCUT2D eigenvalue weighted by molar-refractivity contribution is -0.0907. The maximum absolute atomic E-state index is 13.9. The molecule has 2 aliphatic heterocycles. The lowest BCUT2D eigenvalue weighted by Crippen LogP contribution is -2.51. The van der Waals surface area contributed by atoms with Crippen LogP contribution >= 0.6 is 7.60 Å². The molecule has 0 unspecified atom stereocenters. The highest BCUT2D eigenvalue weighted by atomic mass is 32.2. The van der Waals surface area contributed by atoms with Crippen molar-refractivity contribution in [3.63, 3.8) is 0 Å². The van der Waals surface area contributed by atoms with Crippen molar-refractivity contribution in [1.29, 1.82) is 0 Å². The number of nitrogens with zero attached hydrogens (tertiary/aromatic N) is 1. The largest absolute Gasteiger partial charge is 0.497 e. The topological polar surface area (TPSA) is 168 Å². The van der Waals surface area contributed by atoms with E-state index in [1.165, 1.54) is 23.5 Å². The number of hydrogen-bond acceptors (Lipinski definition) is 12. The summed E-state index contributed by atoms with van der Waals surface area (Å²) in [5, 5.41) is 14.6. The maximum atomic E-state index is 13.9. The highest BCUT2D eigenvalue weighted by Gasteiger charge is 2.44. The predicted molar refractivity (Wildman–Crippen MR) is 219 cm³/mol. The van der Waals surface area contributed by atoms with Crippen LogP contribution in [-0.2, 0) is 57.5 Å². The van der Waals surface area contributed by atoms with Crippen molar-refractivity contribution in [1.82, 2.24) is 9.62 Å². The van der Waals surface area contributed by atoms with Crippen molar-refractivity contribution in [3.05, 3.63) is 126 Å². The number of amides is 1. The molecule has 318 valence electrons. The van der Waals surface area contributed by atoms with E-state index in [-0.39, 0.29) is 62.4 Å². The first kappa shape index (κ1) is 44.2. The molecule has 2 saturated heterocycles. The zero-order valence-corrected chi connectivity index (χ0v) is 35.2. The Kier molecular flexibility index (Phi) is 15.6. The van der Waals surface area contributed by atoms with Crippen LogP contribution < -0.4 is 14.8 Å². The van der Waals surface area contributed by atoms with Crippen LogP contribution in [0.1, 0.15) is 37.0 Å². The Morgan fingerprint density at radius 2 is 1.46 bits per heavy atom. The van der Waals surface area contributed by atoms with Gasteiger partial charge >= 0.3 is 13.7 Å². The van der Waals surface area contributed by atoms with Gasteiger partial charge in [0.15, 0.2) is 12.6 Å². The molecule has 4 aromatic rings. The summed E-state index contributed by atoms with van der Waals surface area (Å²) in [5.41, 5.74) is 2.34. The molecule has 2 N–H and O–H groups in total. The quantitative estimate of drug-likeness (QED) is 0.0847. The minimum atomic E-state index is -4.06. The third kappa shape index (κ3) is 12.6. The van der Waals surface area contributed by atoms with Gasteiger partial charge in [-0.3, -0.25) is 4.57 Å². The lowest BCUT2D eigenvalue weighted by atomic mass is 10.0. The second-order valence-electron chi connectivity index (χ2n) is 14.9. The third-order valence-corrected chi connectivity index (χ3v) is 13.3. The zero-order valence-electron chi connectivity index (χ0n) is 33.5. The summed E-state index contributed by atoms with van der Waals surface area (Å²) in [6, 6.07) is 30.6. The summed E-state index contributed by atoms with van der Waals surface area (Å²) in [4.78, 5) is 13.4. The van der Waals surface area contributed by atoms with E-state index in [9.17, 15) is 22.9 Å². The molecule has 0 aromatic heterocycles. The normalized spacial score (nSPS) is 19.0. The van der Waals surface area contributed by atoms with Crippen molar-refractivity contribution in [3.8, 4) is 11.5 Å². The van der Waals surface area contributed by atoms with Crippen LogP contribution in [0.2, 0.25) is 0 Å². The van der Waals surface area contributed by atoms with Gasteiger partial charge in [-0.25, -0.2) is 13.2 Å². The van der Waals surface area contributed by atoms with Gasteiger partial charge < -0.3 is 43.2 Å². The Balaban J connectivity index is 1.16. The molecule has 0 saturated carbocycles. The smallest absolute Gasteiger partial charge is 0.407 e. The fraction of sp³-hybridized carbons (Fsp3) is 0.419. The monoisotopic (exact) mass is 852 g/mol. The molecule has 2 fully saturated rings. The molecular formula is C43H53N2O12PS. The average molecular weight is 853 g/mol. The van der Waals surface area contributed by atoms with Gasteiger partial charge in [0, 0.05) is 13.1 Å². The summed E-state index contributed by atoms with van der Waals surface area (Å²) in [6.07, 6.45) is -2.66. The van der Waals surface area contributed by atoms with Gasteiger partial charge in [0.2, 0.25) is 10.0 Å². The number of nitrogens with one attached hydrogen (secondary N) is 1. The van der Waals surface area contributed by atoms with Crippen LogP contribution in [0, 0.1) is 11.8 Å². The van der Waals surface area contributed by atoms with Crippen LogP contribution in [-0.4, -0.2) is 88.2 Å². The average Bonchev–Trinajstić information content (AvgIpc) is 3.87. The Hall–Kier alpha value is -4.31. The van der Waals surface area contributed by atoms with Gasteiger partial charge in [0.1, 0.15) is 17.6 Å². The fourth-order valence-corrected chi connectivity index (χ4v) is 9.64. The number of benzene rings is 4. The summed E-state index contributed by atoms with van der Waals surface area (Å²) in [5.74, 6) is 0.707. The van der Waals surface area contributed by atoms with E-state index in [2.05, 4.69) is 5.32 Å². The second-order valence-corrected chi connectivity index (χ2v) is 18.9. The number of ether oxygens (including phenoxy) is 5. The number of carbonyl (C=O) groups is 1. The van der Waals surface area contributed by atoms with Gasteiger partial charge in [-0.2, -0.15) is 4.31 Å². The van der Waals surface area contributed by atoms with Crippen molar-refractivity contribution < 1.29 is 55.6 Å². The highest BCUT2D eigenvalue weighted by Crippen LogP contribution is 2.50. The van der Waals surface area contributed by atoms with E-state index in [1.807, 2.05) is 74.5 Å². The minimum Gasteiger partial charge on any atom is -0.497 e. The summed E-state index contributed by atoms with van der Waals surface area (Å²) in [7, 11) is -6.32. The summed E-state index contributed by atoms with van der Waals surface area (Å²) < 4.78 is 82.8. The molecule has 5 atom stereocenters.